The fraction of sp³-hybridized carbons (Fsp3) is 0.625. The zero-order valence-corrected chi connectivity index (χ0v) is 14.7. The Balaban J connectivity index is 1.73. The number of fused-ring (bicyclic) bond motifs is 2. The van der Waals surface area contributed by atoms with Crippen molar-refractivity contribution in [1.29, 1.82) is 0 Å². The van der Waals surface area contributed by atoms with Crippen molar-refractivity contribution in [2.45, 2.75) is 50.0 Å². The fourth-order valence-electron chi connectivity index (χ4n) is 3.98. The molecule has 1 fully saturated rings. The van der Waals surface area contributed by atoms with Crippen LogP contribution in [0.25, 0.3) is 0 Å². The monoisotopic (exact) mass is 372 g/mol. The molecule has 4 rings (SSSR count). The Labute approximate surface area is 147 Å². The molecule has 1 unspecified atom stereocenters. The second-order valence-corrected chi connectivity index (χ2v) is 8.02. The maximum atomic E-state index is 13.2. The van der Waals surface area contributed by atoms with Crippen LogP contribution < -0.4 is 5.32 Å². The molecule has 0 radical (unpaired) electrons. The predicted molar refractivity (Wildman–Crippen MR) is 86.2 cm³/mol. The van der Waals surface area contributed by atoms with Crippen LogP contribution in [0.2, 0.25) is 0 Å². The Morgan fingerprint density at radius 1 is 1.40 bits per heavy atom. The van der Waals surface area contributed by atoms with E-state index in [0.717, 1.165) is 21.9 Å². The number of aryl methyl sites for hydroxylation is 1. The Morgan fingerprint density at radius 2 is 2.20 bits per heavy atom. The summed E-state index contributed by atoms with van der Waals surface area (Å²) in [6.45, 7) is 2.48. The lowest BCUT2D eigenvalue weighted by atomic mass is 9.76. The number of halogens is 3. The quantitative estimate of drug-likeness (QED) is 0.835. The van der Waals surface area contributed by atoms with Gasteiger partial charge < -0.3 is 10.1 Å². The molecule has 2 aliphatic rings. The van der Waals surface area contributed by atoms with Gasteiger partial charge in [0.25, 0.3) is 0 Å². The number of nitrogens with zero attached hydrogens (tertiary/aromatic N) is 3. The predicted octanol–water partition coefficient (Wildman–Crippen LogP) is 3.18. The number of aromatic nitrogens is 3. The molecule has 1 N–H and O–H groups in total. The van der Waals surface area contributed by atoms with Crippen molar-refractivity contribution in [3.05, 3.63) is 33.3 Å². The molecule has 0 amide bonds. The molecule has 2 aliphatic heterocycles. The summed E-state index contributed by atoms with van der Waals surface area (Å²) in [5.74, 6) is 0. The van der Waals surface area contributed by atoms with E-state index in [1.165, 1.54) is 6.07 Å². The molecular weight excluding hydrogens is 353 g/mol. The van der Waals surface area contributed by atoms with Crippen LogP contribution in [0.3, 0.4) is 0 Å². The minimum Gasteiger partial charge on any atom is -0.370 e. The van der Waals surface area contributed by atoms with E-state index in [1.54, 1.807) is 11.7 Å². The maximum absolute atomic E-state index is 13.2. The average Bonchev–Trinajstić information content (AvgIpc) is 3.13. The molecule has 0 aliphatic carbocycles. The van der Waals surface area contributed by atoms with E-state index in [0.29, 0.717) is 31.4 Å². The van der Waals surface area contributed by atoms with Crippen LogP contribution in [-0.4, -0.2) is 27.6 Å². The Kier molecular flexibility index (Phi) is 3.93. The van der Waals surface area contributed by atoms with Crippen LogP contribution in [0.1, 0.15) is 46.8 Å². The first kappa shape index (κ1) is 17.0. The van der Waals surface area contributed by atoms with E-state index in [9.17, 15) is 13.2 Å². The van der Waals surface area contributed by atoms with Gasteiger partial charge in [-0.2, -0.15) is 13.2 Å². The highest BCUT2D eigenvalue weighted by Crippen LogP contribution is 2.50. The number of piperidine rings is 1. The minimum absolute atomic E-state index is 0.0981. The number of nitrogens with one attached hydrogen (secondary N) is 1. The van der Waals surface area contributed by atoms with E-state index in [4.69, 9.17) is 4.74 Å². The first-order chi connectivity index (χ1) is 11.8. The van der Waals surface area contributed by atoms with E-state index >= 15 is 0 Å². The maximum Gasteiger partial charge on any atom is 0.425 e. The summed E-state index contributed by atoms with van der Waals surface area (Å²) in [7, 11) is 1.79. The normalized spacial score (nSPS) is 29.8. The molecule has 1 spiro atoms. The van der Waals surface area contributed by atoms with Crippen molar-refractivity contribution in [2.75, 3.05) is 6.61 Å². The van der Waals surface area contributed by atoms with E-state index in [1.807, 2.05) is 13.1 Å². The summed E-state index contributed by atoms with van der Waals surface area (Å²) >= 11 is 0.855. The molecule has 2 aromatic rings. The van der Waals surface area contributed by atoms with Crippen molar-refractivity contribution in [2.24, 2.45) is 7.05 Å². The van der Waals surface area contributed by atoms with Crippen molar-refractivity contribution >= 4 is 11.3 Å². The Morgan fingerprint density at radius 3 is 2.88 bits per heavy atom. The van der Waals surface area contributed by atoms with Gasteiger partial charge in [-0.05, 0) is 25.0 Å². The van der Waals surface area contributed by atoms with Crippen LogP contribution in [-0.2, 0) is 30.0 Å². The second kappa shape index (κ2) is 5.78. The largest absolute Gasteiger partial charge is 0.425 e. The highest BCUT2D eigenvalue weighted by atomic mass is 32.1. The zero-order valence-electron chi connectivity index (χ0n) is 13.9. The van der Waals surface area contributed by atoms with Gasteiger partial charge in [0, 0.05) is 37.0 Å². The van der Waals surface area contributed by atoms with Gasteiger partial charge in [-0.3, -0.25) is 4.68 Å². The minimum atomic E-state index is -4.31. The summed E-state index contributed by atoms with van der Waals surface area (Å²) in [4.78, 5) is 0.259. The van der Waals surface area contributed by atoms with Crippen molar-refractivity contribution < 1.29 is 17.9 Å². The first-order valence-electron chi connectivity index (χ1n) is 8.23. The SMILES string of the molecule is C[C@H]1CC2(C[C@@H](c3cn(C)nn3)N1)OCCc1sc(C(F)(F)F)cc12. The van der Waals surface area contributed by atoms with Crippen molar-refractivity contribution in [1.82, 2.24) is 20.3 Å². The third-order valence-electron chi connectivity index (χ3n) is 4.92. The van der Waals surface area contributed by atoms with Gasteiger partial charge in [0.05, 0.1) is 23.9 Å². The van der Waals surface area contributed by atoms with Crippen LogP contribution in [0, 0.1) is 0 Å². The molecule has 3 atom stereocenters. The molecule has 25 heavy (non-hydrogen) atoms. The summed E-state index contributed by atoms with van der Waals surface area (Å²) in [5.41, 5.74) is 0.800. The Hall–Kier alpha value is -1.45. The smallest absolute Gasteiger partial charge is 0.370 e. The van der Waals surface area contributed by atoms with Gasteiger partial charge >= 0.3 is 6.18 Å². The van der Waals surface area contributed by atoms with Crippen LogP contribution in [0.5, 0.6) is 0 Å². The van der Waals surface area contributed by atoms with Gasteiger partial charge in [-0.15, -0.1) is 16.4 Å². The lowest BCUT2D eigenvalue weighted by Gasteiger charge is -2.46. The second-order valence-electron chi connectivity index (χ2n) is 6.88. The van der Waals surface area contributed by atoms with E-state index < -0.39 is 16.7 Å². The van der Waals surface area contributed by atoms with Crippen LogP contribution in [0.15, 0.2) is 12.3 Å². The molecule has 136 valence electrons. The third kappa shape index (κ3) is 2.98. The van der Waals surface area contributed by atoms with Crippen LogP contribution >= 0.6 is 11.3 Å². The summed E-state index contributed by atoms with van der Waals surface area (Å²) < 4.78 is 47.3. The molecule has 0 saturated carbocycles. The summed E-state index contributed by atoms with van der Waals surface area (Å²) in [5, 5.41) is 11.6. The molecule has 0 bridgehead atoms. The molecule has 1 saturated heterocycles. The molecule has 4 heterocycles. The first-order valence-corrected chi connectivity index (χ1v) is 9.05. The molecule has 5 nitrogen and oxygen atoms in total. The molecule has 0 aromatic carbocycles. The molecule has 2 aromatic heterocycles. The van der Waals surface area contributed by atoms with Crippen molar-refractivity contribution in [3.63, 3.8) is 0 Å². The number of rotatable bonds is 1. The van der Waals surface area contributed by atoms with Gasteiger partial charge in [-0.25, -0.2) is 0 Å². The van der Waals surface area contributed by atoms with Crippen molar-refractivity contribution in [3.8, 4) is 0 Å². The fourth-order valence-corrected chi connectivity index (χ4v) is 5.08. The third-order valence-corrected chi connectivity index (χ3v) is 6.16. The van der Waals surface area contributed by atoms with Crippen LogP contribution in [0.4, 0.5) is 13.2 Å². The number of ether oxygens (including phenoxy) is 1. The van der Waals surface area contributed by atoms with E-state index in [2.05, 4.69) is 15.6 Å². The number of thiophene rings is 1. The highest BCUT2D eigenvalue weighted by molar-refractivity contribution is 7.12. The van der Waals surface area contributed by atoms with Gasteiger partial charge in [0.2, 0.25) is 0 Å². The average molecular weight is 372 g/mol. The Bertz CT molecular complexity index is 787. The summed E-state index contributed by atoms with van der Waals surface area (Å²) in [6, 6.07) is 1.30. The number of hydrogen-bond donors (Lipinski definition) is 1. The molecule has 9 heteroatoms. The number of alkyl halides is 3. The number of hydrogen-bond acceptors (Lipinski definition) is 5. The standard InChI is InChI=1S/C16H19F3N4OS/c1-9-6-15(7-11(20-9)12-8-23(2)22-21-12)10-5-14(16(17,18)19)25-13(10)3-4-24-15/h5,8-9,11,20H,3-4,6-7H2,1-2H3/t9-,11-,15?/m0/s1. The summed E-state index contributed by atoms with van der Waals surface area (Å²) in [6.07, 6.45) is -0.745. The topological polar surface area (TPSA) is 52.0 Å². The zero-order chi connectivity index (χ0) is 17.8. The molecular formula is C16H19F3N4OS. The highest BCUT2D eigenvalue weighted by Gasteiger charge is 2.47. The lowest BCUT2D eigenvalue weighted by molar-refractivity contribution is -0.134. The van der Waals surface area contributed by atoms with Gasteiger partial charge in [-0.1, -0.05) is 5.21 Å². The van der Waals surface area contributed by atoms with Gasteiger partial charge in [0.1, 0.15) is 4.88 Å². The van der Waals surface area contributed by atoms with E-state index in [-0.39, 0.29) is 12.1 Å². The van der Waals surface area contributed by atoms with Gasteiger partial charge in [0.15, 0.2) is 0 Å². The lowest BCUT2D eigenvalue weighted by Crippen LogP contribution is -2.49.